The topological polar surface area (TPSA) is 67.9 Å². The molecule has 0 bridgehead atoms. The molecule has 0 spiro atoms. The molecule has 0 saturated carbocycles. The van der Waals surface area contributed by atoms with Gasteiger partial charge in [-0.05, 0) is 30.5 Å². The fourth-order valence-corrected chi connectivity index (χ4v) is 3.16. The Labute approximate surface area is 164 Å². The molecule has 2 amide bonds. The number of likely N-dealkylation sites (tertiary alicyclic amines) is 1. The number of carbonyl (C=O) groups excluding carboxylic acids is 2. The summed E-state index contributed by atoms with van der Waals surface area (Å²) in [7, 11) is 3.03. The normalized spacial score (nSPS) is 13.6. The quantitative estimate of drug-likeness (QED) is 0.778. The summed E-state index contributed by atoms with van der Waals surface area (Å²) in [5.41, 5.74) is 1.71. The Bertz CT molecular complexity index is 872. The van der Waals surface area contributed by atoms with Gasteiger partial charge in [-0.3, -0.25) is 9.59 Å². The lowest BCUT2D eigenvalue weighted by Crippen LogP contribution is -2.28. The van der Waals surface area contributed by atoms with E-state index in [2.05, 4.69) is 5.32 Å². The first kappa shape index (κ1) is 19.5. The highest BCUT2D eigenvalue weighted by atomic mass is 16.5. The largest absolute Gasteiger partial charge is 0.493 e. The number of hydrogen-bond acceptors (Lipinski definition) is 4. The SMILES string of the molecule is COc1cc(NC(=O)C=Cc2ccccc2)c(C(=O)N2CCCC2)cc1OC. The number of hydrogen-bond donors (Lipinski definition) is 1. The molecule has 1 aliphatic rings. The molecule has 0 radical (unpaired) electrons. The van der Waals surface area contributed by atoms with Gasteiger partial charge in [-0.25, -0.2) is 0 Å². The average molecular weight is 380 g/mol. The molecule has 1 saturated heterocycles. The van der Waals surface area contributed by atoms with Crippen LogP contribution in [0, 0.1) is 0 Å². The summed E-state index contributed by atoms with van der Waals surface area (Å²) in [6.07, 6.45) is 5.13. The molecule has 2 aromatic carbocycles. The van der Waals surface area contributed by atoms with Crippen LogP contribution in [0.1, 0.15) is 28.8 Å². The fourth-order valence-electron chi connectivity index (χ4n) is 3.16. The molecule has 0 aliphatic carbocycles. The smallest absolute Gasteiger partial charge is 0.256 e. The molecular formula is C22H24N2O4. The van der Waals surface area contributed by atoms with Crippen LogP contribution in [0.15, 0.2) is 48.5 Å². The highest BCUT2D eigenvalue weighted by Crippen LogP contribution is 2.34. The van der Waals surface area contributed by atoms with E-state index in [9.17, 15) is 9.59 Å². The van der Waals surface area contributed by atoms with Crippen molar-refractivity contribution >= 4 is 23.6 Å². The lowest BCUT2D eigenvalue weighted by molar-refractivity contribution is -0.111. The van der Waals surface area contributed by atoms with Gasteiger partial charge in [0.05, 0.1) is 25.5 Å². The highest BCUT2D eigenvalue weighted by Gasteiger charge is 2.24. The minimum atomic E-state index is -0.327. The third-order valence-electron chi connectivity index (χ3n) is 4.63. The van der Waals surface area contributed by atoms with Crippen molar-refractivity contribution in [3.8, 4) is 11.5 Å². The van der Waals surface area contributed by atoms with Crippen LogP contribution in [0.2, 0.25) is 0 Å². The Hall–Kier alpha value is -3.28. The number of anilines is 1. The molecule has 0 unspecified atom stereocenters. The maximum atomic E-state index is 13.0. The van der Waals surface area contributed by atoms with Crippen molar-refractivity contribution in [2.75, 3.05) is 32.6 Å². The number of nitrogens with one attached hydrogen (secondary N) is 1. The van der Waals surface area contributed by atoms with Crippen molar-refractivity contribution in [2.45, 2.75) is 12.8 Å². The predicted octanol–water partition coefficient (Wildman–Crippen LogP) is 3.59. The van der Waals surface area contributed by atoms with Crippen LogP contribution in [0.5, 0.6) is 11.5 Å². The number of ether oxygens (including phenoxy) is 2. The summed E-state index contributed by atoms with van der Waals surface area (Å²) >= 11 is 0. The van der Waals surface area contributed by atoms with Gasteiger partial charge in [0.15, 0.2) is 11.5 Å². The van der Waals surface area contributed by atoms with E-state index in [1.807, 2.05) is 30.3 Å². The second-order valence-electron chi connectivity index (χ2n) is 6.49. The van der Waals surface area contributed by atoms with Crippen molar-refractivity contribution in [1.29, 1.82) is 0 Å². The summed E-state index contributed by atoms with van der Waals surface area (Å²) in [6.45, 7) is 1.43. The van der Waals surface area contributed by atoms with Crippen LogP contribution < -0.4 is 14.8 Å². The fraction of sp³-hybridized carbons (Fsp3) is 0.273. The number of amides is 2. The van der Waals surface area contributed by atoms with Gasteiger partial charge < -0.3 is 19.7 Å². The lowest BCUT2D eigenvalue weighted by atomic mass is 10.1. The highest BCUT2D eigenvalue weighted by molar-refractivity contribution is 6.08. The Kier molecular flexibility index (Phi) is 6.32. The van der Waals surface area contributed by atoms with Crippen molar-refractivity contribution in [3.05, 3.63) is 59.7 Å². The maximum absolute atomic E-state index is 13.0. The van der Waals surface area contributed by atoms with E-state index >= 15 is 0 Å². The molecule has 2 aromatic rings. The van der Waals surface area contributed by atoms with Crippen LogP contribution in [0.4, 0.5) is 5.69 Å². The molecule has 0 atom stereocenters. The third-order valence-corrected chi connectivity index (χ3v) is 4.63. The van der Waals surface area contributed by atoms with Crippen LogP contribution in [0.25, 0.3) is 6.08 Å². The van der Waals surface area contributed by atoms with E-state index in [0.29, 0.717) is 35.8 Å². The molecule has 6 nitrogen and oxygen atoms in total. The Morgan fingerprint density at radius 3 is 2.29 bits per heavy atom. The number of benzene rings is 2. The number of rotatable bonds is 6. The minimum Gasteiger partial charge on any atom is -0.493 e. The van der Waals surface area contributed by atoms with E-state index in [1.165, 1.54) is 20.3 Å². The second-order valence-corrected chi connectivity index (χ2v) is 6.49. The molecule has 1 heterocycles. The number of methoxy groups -OCH3 is 2. The molecule has 1 fully saturated rings. The lowest BCUT2D eigenvalue weighted by Gasteiger charge is -2.19. The summed E-state index contributed by atoms with van der Waals surface area (Å²) in [5.74, 6) is 0.443. The Morgan fingerprint density at radius 1 is 1.00 bits per heavy atom. The summed E-state index contributed by atoms with van der Waals surface area (Å²) < 4.78 is 10.7. The van der Waals surface area contributed by atoms with Gasteiger partial charge in [0, 0.05) is 25.2 Å². The number of nitrogens with zero attached hydrogens (tertiary/aromatic N) is 1. The standard InChI is InChI=1S/C22H24N2O4/c1-27-19-14-17(22(26)24-12-6-7-13-24)18(15-20(19)28-2)23-21(25)11-10-16-8-4-3-5-9-16/h3-5,8-11,14-15H,6-7,12-13H2,1-2H3,(H,23,25). The number of carbonyl (C=O) groups is 2. The van der Waals surface area contributed by atoms with E-state index in [-0.39, 0.29) is 11.8 Å². The molecule has 1 aliphatic heterocycles. The van der Waals surface area contributed by atoms with Gasteiger partial charge in [-0.15, -0.1) is 0 Å². The van der Waals surface area contributed by atoms with E-state index < -0.39 is 0 Å². The molecule has 0 aromatic heterocycles. The molecule has 28 heavy (non-hydrogen) atoms. The van der Waals surface area contributed by atoms with Gasteiger partial charge in [0.25, 0.3) is 5.91 Å². The monoisotopic (exact) mass is 380 g/mol. The zero-order valence-electron chi connectivity index (χ0n) is 16.1. The second kappa shape index (κ2) is 9.08. The molecule has 1 N–H and O–H groups in total. The van der Waals surface area contributed by atoms with E-state index in [1.54, 1.807) is 23.1 Å². The molecule has 6 heteroatoms. The van der Waals surface area contributed by atoms with E-state index in [0.717, 1.165) is 18.4 Å². The van der Waals surface area contributed by atoms with E-state index in [4.69, 9.17) is 9.47 Å². The molecule has 3 rings (SSSR count). The first-order chi connectivity index (χ1) is 13.6. The minimum absolute atomic E-state index is 0.124. The van der Waals surface area contributed by atoms with Crippen LogP contribution in [0.3, 0.4) is 0 Å². The predicted molar refractivity (Wildman–Crippen MR) is 109 cm³/mol. The summed E-state index contributed by atoms with van der Waals surface area (Å²) in [4.78, 5) is 27.2. The van der Waals surface area contributed by atoms with Gasteiger partial charge in [-0.2, -0.15) is 0 Å². The van der Waals surface area contributed by atoms with Crippen LogP contribution >= 0.6 is 0 Å². The van der Waals surface area contributed by atoms with Gasteiger partial charge in [-0.1, -0.05) is 30.3 Å². The van der Waals surface area contributed by atoms with Gasteiger partial charge in [0.2, 0.25) is 5.91 Å². The Balaban J connectivity index is 1.87. The Morgan fingerprint density at radius 2 is 1.64 bits per heavy atom. The van der Waals surface area contributed by atoms with Crippen molar-refractivity contribution in [1.82, 2.24) is 4.90 Å². The van der Waals surface area contributed by atoms with Gasteiger partial charge in [0.1, 0.15) is 0 Å². The van der Waals surface area contributed by atoms with Crippen molar-refractivity contribution in [3.63, 3.8) is 0 Å². The summed E-state index contributed by atoms with van der Waals surface area (Å²) in [5, 5.41) is 2.80. The first-order valence-electron chi connectivity index (χ1n) is 9.22. The zero-order valence-corrected chi connectivity index (χ0v) is 16.1. The first-order valence-corrected chi connectivity index (χ1v) is 9.22. The molecular weight excluding hydrogens is 356 g/mol. The summed E-state index contributed by atoms with van der Waals surface area (Å²) in [6, 6.07) is 12.8. The average Bonchev–Trinajstić information content (AvgIpc) is 3.27. The molecule has 146 valence electrons. The third kappa shape index (κ3) is 4.52. The maximum Gasteiger partial charge on any atom is 0.256 e. The van der Waals surface area contributed by atoms with Crippen molar-refractivity contribution < 1.29 is 19.1 Å². The van der Waals surface area contributed by atoms with Crippen LogP contribution in [-0.4, -0.2) is 44.0 Å². The van der Waals surface area contributed by atoms with Gasteiger partial charge >= 0.3 is 0 Å². The van der Waals surface area contributed by atoms with Crippen molar-refractivity contribution in [2.24, 2.45) is 0 Å². The van der Waals surface area contributed by atoms with Crippen LogP contribution in [-0.2, 0) is 4.79 Å². The zero-order chi connectivity index (χ0) is 19.9.